The maximum absolute atomic E-state index is 13.1. The summed E-state index contributed by atoms with van der Waals surface area (Å²) in [5.74, 6) is 1.37. The van der Waals surface area contributed by atoms with Gasteiger partial charge in [0.05, 0.1) is 10.0 Å². The number of ketones is 1. The summed E-state index contributed by atoms with van der Waals surface area (Å²) < 4.78 is 7.57. The zero-order valence-electron chi connectivity index (χ0n) is 17.6. The molecular weight excluding hydrogens is 449 g/mol. The molecule has 0 bridgehead atoms. The third-order valence-electron chi connectivity index (χ3n) is 5.78. The van der Waals surface area contributed by atoms with Crippen molar-refractivity contribution in [1.29, 1.82) is 0 Å². The van der Waals surface area contributed by atoms with Crippen LogP contribution in [0.1, 0.15) is 43.9 Å². The van der Waals surface area contributed by atoms with Crippen LogP contribution in [0.5, 0.6) is 5.75 Å². The standard InChI is InChI=1S/C23H21Cl2N5O2/c1-23(2)10-18-20(19(31)11-23)21(30-22(26-18)27-28-29-30)14-4-6-15(7-5-14)32-12-13-3-8-16(24)17(25)9-13/h3-9,21H,10-12H2,1-2H3,(H,26,27,29). The Labute approximate surface area is 195 Å². The van der Waals surface area contributed by atoms with Gasteiger partial charge < -0.3 is 10.1 Å². The highest BCUT2D eigenvalue weighted by Crippen LogP contribution is 2.45. The third-order valence-corrected chi connectivity index (χ3v) is 6.52. The summed E-state index contributed by atoms with van der Waals surface area (Å²) in [5, 5.41) is 16.3. The number of fused-ring (bicyclic) bond motifs is 1. The van der Waals surface area contributed by atoms with Gasteiger partial charge in [-0.1, -0.05) is 60.3 Å². The molecule has 5 rings (SSSR count). The fraction of sp³-hybridized carbons (Fsp3) is 0.304. The number of carbonyl (C=O) groups excluding carboxylic acids is 1. The van der Waals surface area contributed by atoms with Crippen molar-refractivity contribution >= 4 is 34.9 Å². The lowest BCUT2D eigenvalue weighted by atomic mass is 9.73. The number of hydrogen-bond acceptors (Lipinski definition) is 6. The Balaban J connectivity index is 1.42. The van der Waals surface area contributed by atoms with Crippen molar-refractivity contribution < 1.29 is 9.53 Å². The summed E-state index contributed by atoms with van der Waals surface area (Å²) in [6.07, 6.45) is 1.26. The van der Waals surface area contributed by atoms with E-state index in [9.17, 15) is 4.79 Å². The fourth-order valence-electron chi connectivity index (χ4n) is 4.32. The van der Waals surface area contributed by atoms with Crippen molar-refractivity contribution in [1.82, 2.24) is 20.2 Å². The molecule has 0 saturated heterocycles. The first-order chi connectivity index (χ1) is 15.3. The van der Waals surface area contributed by atoms with Gasteiger partial charge in [-0.2, -0.15) is 4.68 Å². The quantitative estimate of drug-likeness (QED) is 0.563. The first-order valence-electron chi connectivity index (χ1n) is 10.3. The van der Waals surface area contributed by atoms with Crippen molar-refractivity contribution in [2.75, 3.05) is 5.32 Å². The molecule has 1 N–H and O–H groups in total. The van der Waals surface area contributed by atoms with Crippen LogP contribution in [0.25, 0.3) is 0 Å². The van der Waals surface area contributed by atoms with E-state index in [1.54, 1.807) is 16.8 Å². The topological polar surface area (TPSA) is 81.9 Å². The second-order valence-electron chi connectivity index (χ2n) is 8.91. The van der Waals surface area contributed by atoms with E-state index in [1.165, 1.54) is 0 Å². The maximum Gasteiger partial charge on any atom is 0.248 e. The molecular formula is C23H21Cl2N5O2. The van der Waals surface area contributed by atoms with Gasteiger partial charge in [0.15, 0.2) is 5.78 Å². The minimum atomic E-state index is -0.371. The minimum Gasteiger partial charge on any atom is -0.489 e. The Morgan fingerprint density at radius 1 is 1.12 bits per heavy atom. The van der Waals surface area contributed by atoms with Gasteiger partial charge in [0.1, 0.15) is 18.4 Å². The van der Waals surface area contributed by atoms with Crippen LogP contribution in [0, 0.1) is 5.41 Å². The predicted octanol–water partition coefficient (Wildman–Crippen LogP) is 5.22. The molecule has 164 valence electrons. The summed E-state index contributed by atoms with van der Waals surface area (Å²) in [6, 6.07) is 12.7. The summed E-state index contributed by atoms with van der Waals surface area (Å²) in [7, 11) is 0. The first-order valence-corrected chi connectivity index (χ1v) is 11.0. The SMILES string of the molecule is CC1(C)CC(=O)C2=C(C1)Nc1nnnn1C2c1ccc(OCc2ccc(Cl)c(Cl)c2)cc1. The normalized spacial score (nSPS) is 19.2. The molecule has 2 heterocycles. The second-order valence-corrected chi connectivity index (χ2v) is 9.73. The van der Waals surface area contributed by atoms with Gasteiger partial charge in [-0.25, -0.2) is 0 Å². The fourth-order valence-corrected chi connectivity index (χ4v) is 4.64. The number of benzene rings is 2. The van der Waals surface area contributed by atoms with Crippen LogP contribution >= 0.6 is 23.2 Å². The van der Waals surface area contributed by atoms with Gasteiger partial charge in [0, 0.05) is 17.7 Å². The Morgan fingerprint density at radius 2 is 1.91 bits per heavy atom. The van der Waals surface area contributed by atoms with Crippen molar-refractivity contribution in [2.45, 2.75) is 39.3 Å². The van der Waals surface area contributed by atoms with E-state index in [0.29, 0.717) is 34.8 Å². The Morgan fingerprint density at radius 3 is 2.66 bits per heavy atom. The largest absolute Gasteiger partial charge is 0.489 e. The van der Waals surface area contributed by atoms with E-state index in [1.807, 2.05) is 30.3 Å². The lowest BCUT2D eigenvalue weighted by molar-refractivity contribution is -0.118. The van der Waals surface area contributed by atoms with Crippen molar-refractivity contribution in [3.63, 3.8) is 0 Å². The molecule has 3 aromatic rings. The molecule has 0 saturated carbocycles. The number of Topliss-reactive ketones (excluding diaryl/α,β-unsaturated/α-hetero) is 1. The highest BCUT2D eigenvalue weighted by molar-refractivity contribution is 6.42. The van der Waals surface area contributed by atoms with Crippen molar-refractivity contribution in [2.24, 2.45) is 5.41 Å². The molecule has 0 spiro atoms. The van der Waals surface area contributed by atoms with Crippen LogP contribution in [-0.4, -0.2) is 26.0 Å². The molecule has 1 aliphatic heterocycles. The number of carbonyl (C=O) groups is 1. The van der Waals surface area contributed by atoms with Crippen LogP contribution in [0.2, 0.25) is 10.0 Å². The highest BCUT2D eigenvalue weighted by Gasteiger charge is 2.41. The monoisotopic (exact) mass is 469 g/mol. The lowest BCUT2D eigenvalue weighted by Gasteiger charge is -2.37. The van der Waals surface area contributed by atoms with Gasteiger partial charge >= 0.3 is 0 Å². The Hall–Kier alpha value is -2.90. The third kappa shape index (κ3) is 3.87. The number of tetrazole rings is 1. The number of allylic oxidation sites excluding steroid dienone is 2. The summed E-state index contributed by atoms with van der Waals surface area (Å²) in [6.45, 7) is 4.56. The molecule has 9 heteroatoms. The summed E-state index contributed by atoms with van der Waals surface area (Å²) in [5.41, 5.74) is 3.37. The predicted molar refractivity (Wildman–Crippen MR) is 122 cm³/mol. The smallest absolute Gasteiger partial charge is 0.248 e. The molecule has 1 aromatic heterocycles. The zero-order chi connectivity index (χ0) is 22.5. The van der Waals surface area contributed by atoms with E-state index in [-0.39, 0.29) is 17.2 Å². The number of anilines is 1. The van der Waals surface area contributed by atoms with Crippen LogP contribution in [0.3, 0.4) is 0 Å². The molecule has 0 fully saturated rings. The lowest BCUT2D eigenvalue weighted by Crippen LogP contribution is -2.36. The number of halogens is 2. The van der Waals surface area contributed by atoms with Gasteiger partial charge in [-0.05, 0) is 57.7 Å². The molecule has 1 atom stereocenters. The number of aromatic nitrogens is 4. The molecule has 32 heavy (non-hydrogen) atoms. The average molecular weight is 470 g/mol. The number of nitrogens with zero attached hydrogens (tertiary/aromatic N) is 4. The summed E-state index contributed by atoms with van der Waals surface area (Å²) >= 11 is 12.0. The molecule has 0 amide bonds. The number of hydrogen-bond donors (Lipinski definition) is 1. The molecule has 2 aliphatic rings. The van der Waals surface area contributed by atoms with Gasteiger partial charge in [0.25, 0.3) is 0 Å². The van der Waals surface area contributed by atoms with Gasteiger partial charge in [-0.15, -0.1) is 0 Å². The molecule has 1 aliphatic carbocycles. The van der Waals surface area contributed by atoms with Gasteiger partial charge in [0.2, 0.25) is 5.95 Å². The molecule has 0 radical (unpaired) electrons. The molecule has 1 unspecified atom stereocenters. The maximum atomic E-state index is 13.1. The first kappa shape index (κ1) is 21.0. The molecule has 2 aromatic carbocycles. The molecule has 7 nitrogen and oxygen atoms in total. The summed E-state index contributed by atoms with van der Waals surface area (Å²) in [4.78, 5) is 13.1. The highest BCUT2D eigenvalue weighted by atomic mass is 35.5. The second kappa shape index (κ2) is 7.90. The van der Waals surface area contributed by atoms with Crippen LogP contribution < -0.4 is 10.1 Å². The van der Waals surface area contributed by atoms with E-state index < -0.39 is 0 Å². The average Bonchev–Trinajstić information content (AvgIpc) is 3.21. The Kier molecular flexibility index (Phi) is 5.18. The van der Waals surface area contributed by atoms with E-state index in [4.69, 9.17) is 27.9 Å². The van der Waals surface area contributed by atoms with Crippen LogP contribution in [0.15, 0.2) is 53.7 Å². The van der Waals surface area contributed by atoms with Gasteiger partial charge in [-0.3, -0.25) is 4.79 Å². The number of nitrogens with one attached hydrogen (secondary N) is 1. The van der Waals surface area contributed by atoms with Crippen molar-refractivity contribution in [3.05, 3.63) is 74.9 Å². The Bertz CT molecular complexity index is 1230. The minimum absolute atomic E-state index is 0.106. The van der Waals surface area contributed by atoms with E-state index in [0.717, 1.165) is 28.8 Å². The van der Waals surface area contributed by atoms with Crippen LogP contribution in [-0.2, 0) is 11.4 Å². The van der Waals surface area contributed by atoms with Crippen molar-refractivity contribution in [3.8, 4) is 5.75 Å². The van der Waals surface area contributed by atoms with Crippen LogP contribution in [0.4, 0.5) is 5.95 Å². The van der Waals surface area contributed by atoms with E-state index in [2.05, 4.69) is 34.7 Å². The number of rotatable bonds is 4. The number of ether oxygens (including phenoxy) is 1. The van der Waals surface area contributed by atoms with E-state index >= 15 is 0 Å². The zero-order valence-corrected chi connectivity index (χ0v) is 19.1.